The van der Waals surface area contributed by atoms with Crippen molar-refractivity contribution in [3.8, 4) is 0 Å². The second-order valence-corrected chi connectivity index (χ2v) is 7.08. The monoisotopic (exact) mass is 248 g/mol. The molecule has 104 valence electrons. The van der Waals surface area contributed by atoms with E-state index in [0.717, 1.165) is 5.92 Å². The maximum Gasteiger partial charge on any atom is 0.109 e. The van der Waals surface area contributed by atoms with Crippen molar-refractivity contribution in [2.75, 3.05) is 0 Å². The van der Waals surface area contributed by atoms with Crippen LogP contribution in [0.25, 0.3) is 0 Å². The van der Waals surface area contributed by atoms with Crippen LogP contribution in [0, 0.1) is 5.92 Å². The Kier molecular flexibility index (Phi) is 7.11. The Morgan fingerprint density at radius 1 is 1.22 bits per heavy atom. The average Bonchev–Trinajstić information content (AvgIpc) is 2.35. The summed E-state index contributed by atoms with van der Waals surface area (Å²) in [4.78, 5) is 0. The Balaban J connectivity index is 2.48. The Bertz CT molecular complexity index is 240. The summed E-state index contributed by atoms with van der Waals surface area (Å²) in [5.74, 6) is 1.02. The molecule has 1 aliphatic carbocycles. The zero-order valence-electron chi connectivity index (χ0n) is 13.1. The zero-order chi connectivity index (χ0) is 13.4. The summed E-state index contributed by atoms with van der Waals surface area (Å²) in [5.41, 5.74) is 1.36. The van der Waals surface area contributed by atoms with Gasteiger partial charge in [-0.25, -0.2) is 0 Å². The van der Waals surface area contributed by atoms with Crippen LogP contribution in [0.2, 0.25) is 5.31 Å². The number of hydrogen-bond donors (Lipinski definition) is 0. The number of allylic oxidation sites excluding steroid dienone is 1. The molecule has 1 atom stereocenters. The maximum absolute atomic E-state index is 4.09. The topological polar surface area (TPSA) is 0 Å². The Morgan fingerprint density at radius 2 is 1.89 bits per heavy atom. The standard InChI is InChI=1S/C17H33B/c1-4-5-12-17(18,13-11-15(2)3)14-16-9-7-6-8-10-16/h16H,2,4-14,18H2,1,3H3. The van der Waals surface area contributed by atoms with E-state index >= 15 is 0 Å². The highest BCUT2D eigenvalue weighted by atomic mass is 14.3. The molecule has 0 nitrogen and oxygen atoms in total. The van der Waals surface area contributed by atoms with Gasteiger partial charge in [-0.1, -0.05) is 82.0 Å². The van der Waals surface area contributed by atoms with Gasteiger partial charge in [0.1, 0.15) is 7.85 Å². The van der Waals surface area contributed by atoms with Crippen LogP contribution in [0.4, 0.5) is 0 Å². The van der Waals surface area contributed by atoms with Crippen molar-refractivity contribution in [3.63, 3.8) is 0 Å². The number of rotatable bonds is 8. The minimum Gasteiger partial charge on any atom is -0.100 e. The Labute approximate surface area is 116 Å². The molecule has 0 spiro atoms. The third-order valence-electron chi connectivity index (χ3n) is 4.80. The van der Waals surface area contributed by atoms with Crippen LogP contribution in [-0.4, -0.2) is 7.85 Å². The fourth-order valence-corrected chi connectivity index (χ4v) is 3.54. The largest absolute Gasteiger partial charge is 0.109 e. The first-order valence-electron chi connectivity index (χ1n) is 8.20. The molecule has 0 aromatic rings. The normalized spacial score (nSPS) is 20.6. The van der Waals surface area contributed by atoms with Crippen molar-refractivity contribution in [3.05, 3.63) is 12.2 Å². The average molecular weight is 248 g/mol. The zero-order valence-corrected chi connectivity index (χ0v) is 13.1. The van der Waals surface area contributed by atoms with Gasteiger partial charge >= 0.3 is 0 Å². The molecular weight excluding hydrogens is 215 g/mol. The molecule has 0 radical (unpaired) electrons. The van der Waals surface area contributed by atoms with E-state index in [-0.39, 0.29) is 0 Å². The summed E-state index contributed by atoms with van der Waals surface area (Å²) < 4.78 is 0. The molecule has 0 N–H and O–H groups in total. The lowest BCUT2D eigenvalue weighted by Crippen LogP contribution is -2.20. The molecule has 1 aliphatic rings. The summed E-state index contributed by atoms with van der Waals surface area (Å²) in [6.07, 6.45) is 15.7. The van der Waals surface area contributed by atoms with Gasteiger partial charge in [0.25, 0.3) is 0 Å². The van der Waals surface area contributed by atoms with E-state index in [0.29, 0.717) is 5.31 Å². The summed E-state index contributed by atoms with van der Waals surface area (Å²) in [5, 5.41) is 0.580. The lowest BCUT2D eigenvalue weighted by atomic mass is 9.57. The van der Waals surface area contributed by atoms with Crippen LogP contribution < -0.4 is 0 Å². The second-order valence-electron chi connectivity index (χ2n) is 7.08. The lowest BCUT2D eigenvalue weighted by Gasteiger charge is -2.35. The van der Waals surface area contributed by atoms with E-state index in [1.54, 1.807) is 0 Å². The van der Waals surface area contributed by atoms with Crippen LogP contribution >= 0.6 is 0 Å². The number of hydrogen-bond acceptors (Lipinski definition) is 0. The molecule has 18 heavy (non-hydrogen) atoms. The molecule has 0 aromatic carbocycles. The van der Waals surface area contributed by atoms with E-state index in [2.05, 4.69) is 28.3 Å². The van der Waals surface area contributed by atoms with Gasteiger partial charge in [0, 0.05) is 0 Å². The SMILES string of the molecule is BC(CCCC)(CCC(=C)C)CC1CCCCC1. The molecule has 0 bridgehead atoms. The van der Waals surface area contributed by atoms with Gasteiger partial charge in [-0.05, 0) is 19.3 Å². The summed E-state index contributed by atoms with van der Waals surface area (Å²) in [6, 6.07) is 0. The molecule has 0 amide bonds. The van der Waals surface area contributed by atoms with Gasteiger partial charge in [-0.15, -0.1) is 6.58 Å². The molecule has 1 rings (SSSR count). The highest BCUT2D eigenvalue weighted by Crippen LogP contribution is 2.45. The van der Waals surface area contributed by atoms with Gasteiger partial charge < -0.3 is 0 Å². The van der Waals surface area contributed by atoms with Gasteiger partial charge in [0.2, 0.25) is 0 Å². The van der Waals surface area contributed by atoms with E-state index < -0.39 is 0 Å². The van der Waals surface area contributed by atoms with E-state index in [4.69, 9.17) is 0 Å². The number of unbranched alkanes of at least 4 members (excludes halogenated alkanes) is 1. The van der Waals surface area contributed by atoms with Crippen molar-refractivity contribution >= 4 is 7.85 Å². The first-order valence-corrected chi connectivity index (χ1v) is 8.20. The quantitative estimate of drug-likeness (QED) is 0.404. The molecular formula is C17H33B. The van der Waals surface area contributed by atoms with Gasteiger partial charge in [-0.2, -0.15) is 0 Å². The van der Waals surface area contributed by atoms with Crippen molar-refractivity contribution < 1.29 is 0 Å². The van der Waals surface area contributed by atoms with Crippen LogP contribution in [0.1, 0.15) is 84.5 Å². The maximum atomic E-state index is 4.09. The predicted octanol–water partition coefficient (Wildman–Crippen LogP) is 5.30. The van der Waals surface area contributed by atoms with E-state index in [1.165, 1.54) is 76.2 Å². The van der Waals surface area contributed by atoms with Crippen molar-refractivity contribution in [2.45, 2.75) is 89.8 Å². The first-order chi connectivity index (χ1) is 8.56. The highest BCUT2D eigenvalue weighted by Gasteiger charge is 2.28. The van der Waals surface area contributed by atoms with Crippen LogP contribution in [0.3, 0.4) is 0 Å². The molecule has 1 heteroatoms. The summed E-state index contributed by atoms with van der Waals surface area (Å²) in [6.45, 7) is 8.59. The molecule has 1 unspecified atom stereocenters. The summed E-state index contributed by atoms with van der Waals surface area (Å²) >= 11 is 0. The molecule has 1 fully saturated rings. The molecule has 1 saturated carbocycles. The molecule has 0 aromatic heterocycles. The Morgan fingerprint density at radius 3 is 2.44 bits per heavy atom. The van der Waals surface area contributed by atoms with Gasteiger partial charge in [0.05, 0.1) is 0 Å². The predicted molar refractivity (Wildman–Crippen MR) is 86.0 cm³/mol. The lowest BCUT2D eigenvalue weighted by molar-refractivity contribution is 0.278. The fourth-order valence-electron chi connectivity index (χ4n) is 3.54. The minimum atomic E-state index is 0.580. The fraction of sp³-hybridized carbons (Fsp3) is 0.882. The van der Waals surface area contributed by atoms with Crippen LogP contribution in [-0.2, 0) is 0 Å². The second kappa shape index (κ2) is 8.07. The van der Waals surface area contributed by atoms with Crippen LogP contribution in [0.5, 0.6) is 0 Å². The van der Waals surface area contributed by atoms with Crippen molar-refractivity contribution in [2.24, 2.45) is 5.92 Å². The highest BCUT2D eigenvalue weighted by molar-refractivity contribution is 6.15. The summed E-state index contributed by atoms with van der Waals surface area (Å²) in [7, 11) is 2.54. The van der Waals surface area contributed by atoms with Crippen molar-refractivity contribution in [1.29, 1.82) is 0 Å². The van der Waals surface area contributed by atoms with E-state index in [9.17, 15) is 0 Å². The minimum absolute atomic E-state index is 0.580. The van der Waals surface area contributed by atoms with Gasteiger partial charge in [0.15, 0.2) is 0 Å². The first kappa shape index (κ1) is 15.9. The van der Waals surface area contributed by atoms with E-state index in [1.807, 2.05) is 0 Å². The Hall–Kier alpha value is -0.195. The molecule has 0 aliphatic heterocycles. The smallest absolute Gasteiger partial charge is 0.100 e. The third kappa shape index (κ3) is 6.11. The third-order valence-corrected chi connectivity index (χ3v) is 4.80. The van der Waals surface area contributed by atoms with Crippen LogP contribution in [0.15, 0.2) is 12.2 Å². The van der Waals surface area contributed by atoms with Gasteiger partial charge in [-0.3, -0.25) is 0 Å². The molecule has 0 heterocycles. The van der Waals surface area contributed by atoms with Crippen molar-refractivity contribution in [1.82, 2.24) is 0 Å². The molecule has 0 saturated heterocycles.